The van der Waals surface area contributed by atoms with Gasteiger partial charge >= 0.3 is 6.03 Å². The molecule has 6 nitrogen and oxygen atoms in total. The Morgan fingerprint density at radius 2 is 2.08 bits per heavy atom. The fourth-order valence-corrected chi connectivity index (χ4v) is 4.14. The summed E-state index contributed by atoms with van der Waals surface area (Å²) in [5.41, 5.74) is 0.723. The number of nitrogens with one attached hydrogen (secondary N) is 1. The minimum absolute atomic E-state index is 0.0763. The molecule has 2 aliphatic rings. The maximum Gasteiger partial charge on any atom is 0.321 e. The van der Waals surface area contributed by atoms with Gasteiger partial charge in [-0.2, -0.15) is 0 Å². The zero-order valence-corrected chi connectivity index (χ0v) is 15.6. The molecule has 7 heteroatoms. The van der Waals surface area contributed by atoms with E-state index in [-0.39, 0.29) is 11.9 Å². The number of hydrogen-bond donors (Lipinski definition) is 1. The molecular formula is C19H24ClN5O. The van der Waals surface area contributed by atoms with Gasteiger partial charge in [0.15, 0.2) is 0 Å². The predicted molar refractivity (Wildman–Crippen MR) is 102 cm³/mol. The molecule has 2 aliphatic heterocycles. The Bertz CT molecular complexity index is 790. The van der Waals surface area contributed by atoms with Gasteiger partial charge in [0.1, 0.15) is 11.6 Å². The van der Waals surface area contributed by atoms with Gasteiger partial charge in [-0.15, -0.1) is 10.2 Å². The number of hydrogen-bond acceptors (Lipinski definition) is 3. The third-order valence-corrected chi connectivity index (χ3v) is 5.52. The van der Waals surface area contributed by atoms with Crippen LogP contribution in [0.1, 0.15) is 49.7 Å². The second kappa shape index (κ2) is 7.66. The molecule has 138 valence electrons. The topological polar surface area (TPSA) is 63.1 Å². The van der Waals surface area contributed by atoms with E-state index in [1.54, 1.807) is 12.1 Å². The number of halogens is 1. The van der Waals surface area contributed by atoms with Gasteiger partial charge in [-0.25, -0.2) is 4.79 Å². The first kappa shape index (κ1) is 17.3. The van der Waals surface area contributed by atoms with Crippen LogP contribution < -0.4 is 5.32 Å². The number of carbonyl (C=O) groups is 1. The van der Waals surface area contributed by atoms with Crippen molar-refractivity contribution in [3.8, 4) is 0 Å². The summed E-state index contributed by atoms with van der Waals surface area (Å²) in [6, 6.07) is 7.17. The molecule has 1 N–H and O–H groups in total. The van der Waals surface area contributed by atoms with Crippen molar-refractivity contribution in [2.75, 3.05) is 18.4 Å². The van der Waals surface area contributed by atoms with Crippen molar-refractivity contribution in [1.82, 2.24) is 19.7 Å². The third kappa shape index (κ3) is 3.70. The number of likely N-dealkylation sites (tertiary alicyclic amines) is 1. The average Bonchev–Trinajstić information content (AvgIpc) is 2.90. The fourth-order valence-electron chi connectivity index (χ4n) is 3.95. The highest BCUT2D eigenvalue weighted by Crippen LogP contribution is 2.28. The molecule has 1 aromatic heterocycles. The smallest absolute Gasteiger partial charge is 0.321 e. The minimum Gasteiger partial charge on any atom is -0.324 e. The lowest BCUT2D eigenvalue weighted by molar-refractivity contribution is 0.190. The average molecular weight is 374 g/mol. The number of aryl methyl sites for hydroxylation is 1. The third-order valence-electron chi connectivity index (χ3n) is 5.29. The first-order valence-corrected chi connectivity index (χ1v) is 9.82. The lowest BCUT2D eigenvalue weighted by Crippen LogP contribution is -2.42. The van der Waals surface area contributed by atoms with Crippen molar-refractivity contribution in [2.24, 2.45) is 0 Å². The minimum atomic E-state index is -0.0763. The Kier molecular flexibility index (Phi) is 5.11. The van der Waals surface area contributed by atoms with Gasteiger partial charge in [-0.05, 0) is 43.9 Å². The van der Waals surface area contributed by atoms with Crippen molar-refractivity contribution in [3.05, 3.63) is 40.9 Å². The first-order valence-electron chi connectivity index (χ1n) is 9.44. The Hall–Kier alpha value is -2.08. The van der Waals surface area contributed by atoms with Gasteiger partial charge in [0.05, 0.1) is 0 Å². The molecule has 26 heavy (non-hydrogen) atoms. The zero-order chi connectivity index (χ0) is 17.9. The first-order chi connectivity index (χ1) is 12.7. The van der Waals surface area contributed by atoms with Gasteiger partial charge < -0.3 is 14.8 Å². The Morgan fingerprint density at radius 3 is 2.96 bits per heavy atom. The molecular weight excluding hydrogens is 350 g/mol. The van der Waals surface area contributed by atoms with Crippen LogP contribution in [0.4, 0.5) is 10.5 Å². The van der Waals surface area contributed by atoms with E-state index in [9.17, 15) is 4.79 Å². The van der Waals surface area contributed by atoms with Crippen molar-refractivity contribution >= 4 is 23.3 Å². The van der Waals surface area contributed by atoms with Gasteiger partial charge in [0.25, 0.3) is 0 Å². The molecule has 1 saturated heterocycles. The van der Waals surface area contributed by atoms with E-state index < -0.39 is 0 Å². The number of amides is 2. The highest BCUT2D eigenvalue weighted by Gasteiger charge is 2.29. The van der Waals surface area contributed by atoms with E-state index >= 15 is 0 Å². The fraction of sp³-hybridized carbons (Fsp3) is 0.526. The maximum atomic E-state index is 12.7. The molecule has 0 bridgehead atoms. The summed E-state index contributed by atoms with van der Waals surface area (Å²) in [6.45, 7) is 2.46. The van der Waals surface area contributed by atoms with Crippen LogP contribution in [0.5, 0.6) is 0 Å². The summed E-state index contributed by atoms with van der Waals surface area (Å²) in [4.78, 5) is 14.5. The van der Waals surface area contributed by atoms with Crippen LogP contribution in [0.2, 0.25) is 5.02 Å². The molecule has 2 aromatic rings. The number of carbonyl (C=O) groups excluding carboxylic acids is 1. The number of nitrogens with zero attached hydrogens (tertiary/aromatic N) is 4. The van der Waals surface area contributed by atoms with Gasteiger partial charge in [-0.1, -0.05) is 24.1 Å². The summed E-state index contributed by atoms with van der Waals surface area (Å²) in [5.74, 6) is 2.42. The Balaban J connectivity index is 1.46. The molecule has 1 fully saturated rings. The van der Waals surface area contributed by atoms with E-state index in [1.807, 2.05) is 17.0 Å². The van der Waals surface area contributed by atoms with Crippen molar-refractivity contribution < 1.29 is 4.79 Å². The van der Waals surface area contributed by atoms with Crippen LogP contribution in [-0.2, 0) is 13.0 Å². The van der Waals surface area contributed by atoms with Crippen LogP contribution in [0, 0.1) is 0 Å². The van der Waals surface area contributed by atoms with E-state index in [1.165, 1.54) is 19.3 Å². The number of piperidine rings is 1. The van der Waals surface area contributed by atoms with Gasteiger partial charge in [0.2, 0.25) is 0 Å². The highest BCUT2D eigenvalue weighted by molar-refractivity contribution is 6.30. The molecule has 1 aromatic carbocycles. The van der Waals surface area contributed by atoms with Gasteiger partial charge in [0, 0.05) is 42.7 Å². The monoisotopic (exact) mass is 373 g/mol. The van der Waals surface area contributed by atoms with Crippen LogP contribution in [-0.4, -0.2) is 38.8 Å². The summed E-state index contributed by atoms with van der Waals surface area (Å²) >= 11 is 6.00. The van der Waals surface area contributed by atoms with E-state index in [4.69, 9.17) is 11.6 Å². The standard InChI is InChI=1S/C19H24ClN5O/c20-15-7-4-8-16(12-15)21-19(26)24-10-5-6-14(13-24)18-23-22-17-9-2-1-3-11-25(17)18/h4,7-8,12,14H,1-3,5-6,9-11,13H2,(H,21,26)/t14-/m1/s1. The SMILES string of the molecule is O=C(Nc1cccc(Cl)c1)N1CCC[C@@H](c2nnc3n2CCCCC3)C1. The maximum absolute atomic E-state index is 12.7. The van der Waals surface area contributed by atoms with Crippen LogP contribution in [0.15, 0.2) is 24.3 Å². The second-order valence-electron chi connectivity index (χ2n) is 7.16. The molecule has 0 spiro atoms. The Morgan fingerprint density at radius 1 is 1.15 bits per heavy atom. The van der Waals surface area contributed by atoms with Crippen LogP contribution in [0.3, 0.4) is 0 Å². The normalized spacial score (nSPS) is 20.3. The Labute approximate surface area is 158 Å². The molecule has 0 radical (unpaired) electrons. The van der Waals surface area contributed by atoms with Crippen LogP contribution in [0.25, 0.3) is 0 Å². The van der Waals surface area contributed by atoms with E-state index in [0.717, 1.165) is 49.7 Å². The molecule has 1 atom stereocenters. The molecule has 2 amide bonds. The summed E-state index contributed by atoms with van der Waals surface area (Å²) in [6.07, 6.45) is 6.68. The number of rotatable bonds is 2. The number of aromatic nitrogens is 3. The molecule has 0 unspecified atom stereocenters. The molecule has 4 rings (SSSR count). The van der Waals surface area contributed by atoms with Crippen molar-refractivity contribution in [2.45, 2.75) is 51.0 Å². The summed E-state index contributed by atoms with van der Waals surface area (Å²) in [7, 11) is 0. The zero-order valence-electron chi connectivity index (χ0n) is 14.8. The quantitative estimate of drug-likeness (QED) is 0.863. The molecule has 0 saturated carbocycles. The largest absolute Gasteiger partial charge is 0.324 e. The van der Waals surface area contributed by atoms with E-state index in [2.05, 4.69) is 20.1 Å². The number of urea groups is 1. The lowest BCUT2D eigenvalue weighted by Gasteiger charge is -2.32. The molecule has 0 aliphatic carbocycles. The number of anilines is 1. The number of benzene rings is 1. The van der Waals surface area contributed by atoms with E-state index in [0.29, 0.717) is 11.6 Å². The van der Waals surface area contributed by atoms with Gasteiger partial charge in [-0.3, -0.25) is 0 Å². The lowest BCUT2D eigenvalue weighted by atomic mass is 9.97. The predicted octanol–water partition coefficient (Wildman–Crippen LogP) is 4.07. The van der Waals surface area contributed by atoms with Crippen molar-refractivity contribution in [1.29, 1.82) is 0 Å². The number of fused-ring (bicyclic) bond motifs is 1. The highest BCUT2D eigenvalue weighted by atomic mass is 35.5. The summed E-state index contributed by atoms with van der Waals surface area (Å²) < 4.78 is 2.30. The molecule has 3 heterocycles. The van der Waals surface area contributed by atoms with Crippen molar-refractivity contribution in [3.63, 3.8) is 0 Å². The summed E-state index contributed by atoms with van der Waals surface area (Å²) in [5, 5.41) is 12.5. The van der Waals surface area contributed by atoms with Crippen LogP contribution >= 0.6 is 11.6 Å². The second-order valence-corrected chi connectivity index (χ2v) is 7.60.